The highest BCUT2D eigenvalue weighted by Crippen LogP contribution is 2.29. The highest BCUT2D eigenvalue weighted by Gasteiger charge is 2.24. The van der Waals surface area contributed by atoms with Crippen LogP contribution in [0.3, 0.4) is 0 Å². The molecule has 1 aliphatic rings. The van der Waals surface area contributed by atoms with Gasteiger partial charge in [-0.25, -0.2) is 0 Å². The number of hydrogen-bond acceptors (Lipinski definition) is 2. The van der Waals surface area contributed by atoms with Crippen molar-refractivity contribution in [2.24, 2.45) is 0 Å². The van der Waals surface area contributed by atoms with Gasteiger partial charge < -0.3 is 14.5 Å². The minimum Gasteiger partial charge on any atom is -0.488 e. The number of epoxide rings is 1. The fraction of sp³-hybridized carbons (Fsp3) is 0.333. The van der Waals surface area contributed by atoms with Gasteiger partial charge >= 0.3 is 0 Å². The van der Waals surface area contributed by atoms with Crippen molar-refractivity contribution >= 4 is 10.9 Å². The second-order valence-electron chi connectivity index (χ2n) is 3.89. The van der Waals surface area contributed by atoms with E-state index in [2.05, 4.69) is 17.1 Å². The zero-order valence-corrected chi connectivity index (χ0v) is 8.62. The second kappa shape index (κ2) is 3.28. The van der Waals surface area contributed by atoms with Gasteiger partial charge in [-0.15, -0.1) is 0 Å². The third kappa shape index (κ3) is 1.59. The number of fused-ring (bicyclic) bond motifs is 1. The minimum atomic E-state index is 0.304. The van der Waals surface area contributed by atoms with Crippen molar-refractivity contribution in [3.63, 3.8) is 0 Å². The Bertz CT molecular complexity index is 485. The molecule has 3 heteroatoms. The maximum absolute atomic E-state index is 5.76. The first-order valence-electron chi connectivity index (χ1n) is 5.16. The van der Waals surface area contributed by atoms with Crippen LogP contribution in [0.1, 0.15) is 5.69 Å². The van der Waals surface area contributed by atoms with E-state index < -0.39 is 0 Å². The molecule has 1 N–H and O–H groups in total. The predicted octanol–water partition coefficient (Wildman–Crippen LogP) is 2.25. The number of aromatic amines is 1. The van der Waals surface area contributed by atoms with Gasteiger partial charge in [0.15, 0.2) is 0 Å². The highest BCUT2D eigenvalue weighted by molar-refractivity contribution is 5.87. The molecule has 78 valence electrons. The van der Waals surface area contributed by atoms with Gasteiger partial charge in [0.1, 0.15) is 18.5 Å². The van der Waals surface area contributed by atoms with Crippen molar-refractivity contribution in [2.75, 3.05) is 13.2 Å². The fourth-order valence-electron chi connectivity index (χ4n) is 1.78. The number of hydrogen-bond donors (Lipinski definition) is 1. The van der Waals surface area contributed by atoms with E-state index in [0.29, 0.717) is 12.7 Å². The molecule has 1 aromatic carbocycles. The molecule has 0 spiro atoms. The van der Waals surface area contributed by atoms with Gasteiger partial charge in [0.05, 0.1) is 12.3 Å². The molecule has 2 aromatic rings. The van der Waals surface area contributed by atoms with Gasteiger partial charge in [-0.2, -0.15) is 0 Å². The summed E-state index contributed by atoms with van der Waals surface area (Å²) in [6, 6.07) is 8.17. The normalized spacial score (nSPS) is 19.4. The molecule has 3 nitrogen and oxygen atoms in total. The SMILES string of the molecule is Cc1[nH]c2ccccc2c1OCC1CO1. The Morgan fingerprint density at radius 1 is 1.47 bits per heavy atom. The zero-order chi connectivity index (χ0) is 10.3. The van der Waals surface area contributed by atoms with Crippen molar-refractivity contribution in [3.8, 4) is 5.75 Å². The molecule has 0 amide bonds. The molecule has 1 aliphatic heterocycles. The highest BCUT2D eigenvalue weighted by atomic mass is 16.6. The summed E-state index contributed by atoms with van der Waals surface area (Å²) in [5.41, 5.74) is 2.21. The summed E-state index contributed by atoms with van der Waals surface area (Å²) < 4.78 is 10.9. The van der Waals surface area contributed by atoms with Crippen LogP contribution in [0.15, 0.2) is 24.3 Å². The molecule has 0 radical (unpaired) electrons. The average molecular weight is 203 g/mol. The molecule has 1 saturated heterocycles. The lowest BCUT2D eigenvalue weighted by Crippen LogP contribution is -2.04. The van der Waals surface area contributed by atoms with Gasteiger partial charge in [-0.1, -0.05) is 12.1 Å². The van der Waals surface area contributed by atoms with E-state index in [-0.39, 0.29) is 0 Å². The van der Waals surface area contributed by atoms with Crippen molar-refractivity contribution in [3.05, 3.63) is 30.0 Å². The Kier molecular flexibility index (Phi) is 1.92. The summed E-state index contributed by atoms with van der Waals surface area (Å²) in [5.74, 6) is 0.959. The molecule has 0 bridgehead atoms. The third-order valence-electron chi connectivity index (χ3n) is 2.65. The number of H-pyrrole nitrogens is 1. The van der Waals surface area contributed by atoms with Crippen molar-refractivity contribution in [1.29, 1.82) is 0 Å². The first-order chi connectivity index (χ1) is 7.34. The van der Waals surface area contributed by atoms with Crippen molar-refractivity contribution in [2.45, 2.75) is 13.0 Å². The Balaban J connectivity index is 1.95. The summed E-state index contributed by atoms with van der Waals surface area (Å²) in [7, 11) is 0. The van der Waals surface area contributed by atoms with Gasteiger partial charge in [-0.05, 0) is 19.1 Å². The maximum Gasteiger partial charge on any atom is 0.147 e. The standard InChI is InChI=1S/C12H13NO2/c1-8-12(15-7-9-6-14-9)10-4-2-3-5-11(10)13-8/h2-5,9,13H,6-7H2,1H3. The number of aromatic nitrogens is 1. The van der Waals surface area contributed by atoms with E-state index in [1.165, 1.54) is 0 Å². The summed E-state index contributed by atoms with van der Waals surface area (Å²) in [4.78, 5) is 3.31. The van der Waals surface area contributed by atoms with Crippen LogP contribution in [0.5, 0.6) is 5.75 Å². The van der Waals surface area contributed by atoms with Gasteiger partial charge in [0.25, 0.3) is 0 Å². The van der Waals surface area contributed by atoms with Gasteiger partial charge in [0.2, 0.25) is 0 Å². The van der Waals surface area contributed by atoms with E-state index in [1.807, 2.05) is 19.1 Å². The Hall–Kier alpha value is -1.48. The van der Waals surface area contributed by atoms with E-state index in [1.54, 1.807) is 0 Å². The summed E-state index contributed by atoms with van der Waals surface area (Å²) in [6.45, 7) is 3.52. The second-order valence-corrected chi connectivity index (χ2v) is 3.89. The topological polar surface area (TPSA) is 37.5 Å². The number of nitrogens with one attached hydrogen (secondary N) is 1. The van der Waals surface area contributed by atoms with E-state index >= 15 is 0 Å². The van der Waals surface area contributed by atoms with Crippen LogP contribution in [-0.4, -0.2) is 24.3 Å². The molecule has 1 unspecified atom stereocenters. The summed E-state index contributed by atoms with van der Waals surface area (Å²) >= 11 is 0. The van der Waals surface area contributed by atoms with Gasteiger partial charge in [-0.3, -0.25) is 0 Å². The molecule has 15 heavy (non-hydrogen) atoms. The molecular formula is C12H13NO2. The number of para-hydroxylation sites is 1. The molecule has 1 fully saturated rings. The predicted molar refractivity (Wildman–Crippen MR) is 58.3 cm³/mol. The molecule has 0 saturated carbocycles. The smallest absolute Gasteiger partial charge is 0.147 e. The maximum atomic E-state index is 5.76. The van der Waals surface area contributed by atoms with E-state index in [9.17, 15) is 0 Å². The van der Waals surface area contributed by atoms with Crippen LogP contribution >= 0.6 is 0 Å². The first-order valence-corrected chi connectivity index (χ1v) is 5.16. The third-order valence-corrected chi connectivity index (χ3v) is 2.65. The first kappa shape index (κ1) is 8.80. The Morgan fingerprint density at radius 3 is 3.07 bits per heavy atom. The average Bonchev–Trinajstić information content (AvgIpc) is 3.00. The largest absolute Gasteiger partial charge is 0.488 e. The molecule has 0 aliphatic carbocycles. The lowest BCUT2D eigenvalue weighted by molar-refractivity contribution is 0.264. The fourth-order valence-corrected chi connectivity index (χ4v) is 1.78. The van der Waals surface area contributed by atoms with Crippen LogP contribution in [0.2, 0.25) is 0 Å². The molecular weight excluding hydrogens is 190 g/mol. The van der Waals surface area contributed by atoms with Crippen LogP contribution in [0.4, 0.5) is 0 Å². The minimum absolute atomic E-state index is 0.304. The van der Waals surface area contributed by atoms with E-state index in [0.717, 1.165) is 29.0 Å². The van der Waals surface area contributed by atoms with E-state index in [4.69, 9.17) is 9.47 Å². The summed E-state index contributed by atoms with van der Waals surface area (Å²) in [5, 5.41) is 1.15. The number of aryl methyl sites for hydroxylation is 1. The molecule has 1 atom stereocenters. The number of benzene rings is 1. The van der Waals surface area contributed by atoms with Crippen LogP contribution in [-0.2, 0) is 4.74 Å². The van der Waals surface area contributed by atoms with Crippen molar-refractivity contribution in [1.82, 2.24) is 4.98 Å². The van der Waals surface area contributed by atoms with Crippen molar-refractivity contribution < 1.29 is 9.47 Å². The quantitative estimate of drug-likeness (QED) is 0.777. The molecule has 1 aromatic heterocycles. The number of ether oxygens (including phenoxy) is 2. The van der Waals surface area contributed by atoms with Crippen LogP contribution < -0.4 is 4.74 Å². The Morgan fingerprint density at radius 2 is 2.27 bits per heavy atom. The zero-order valence-electron chi connectivity index (χ0n) is 8.62. The van der Waals surface area contributed by atoms with Gasteiger partial charge in [0, 0.05) is 10.9 Å². The summed E-state index contributed by atoms with van der Waals surface area (Å²) in [6.07, 6.45) is 0.304. The lowest BCUT2D eigenvalue weighted by Gasteiger charge is -2.03. The van der Waals surface area contributed by atoms with Crippen LogP contribution in [0, 0.1) is 6.92 Å². The monoisotopic (exact) mass is 203 g/mol. The Labute approximate surface area is 88.0 Å². The van der Waals surface area contributed by atoms with Crippen LogP contribution in [0.25, 0.3) is 10.9 Å². The number of rotatable bonds is 3. The molecule has 2 heterocycles. The molecule has 3 rings (SSSR count). The lowest BCUT2D eigenvalue weighted by atomic mass is 10.2.